The molecule has 0 aliphatic heterocycles. The van der Waals surface area contributed by atoms with Crippen LogP contribution in [0.4, 0.5) is 5.82 Å². The summed E-state index contributed by atoms with van der Waals surface area (Å²) in [4.78, 5) is 12.7. The molecule has 8 nitrogen and oxygen atoms in total. The normalized spacial score (nSPS) is 11.4. The van der Waals surface area contributed by atoms with Crippen molar-refractivity contribution in [2.75, 3.05) is 32.1 Å². The summed E-state index contributed by atoms with van der Waals surface area (Å²) in [7, 11) is 3.62. The molecule has 8 heteroatoms. The number of H-pyrrole nitrogens is 1. The Morgan fingerprint density at radius 3 is 3.00 bits per heavy atom. The number of nitrogens with one attached hydrogen (secondary N) is 2. The molecular weight excluding hydrogens is 234 g/mol. The van der Waals surface area contributed by atoms with Crippen LogP contribution in [0.25, 0.3) is 0 Å². The molecule has 1 rings (SSSR count). The number of nitrogens with zero attached hydrogens (tertiary/aromatic N) is 4. The van der Waals surface area contributed by atoms with Gasteiger partial charge < -0.3 is 4.90 Å². The predicted octanol–water partition coefficient (Wildman–Crippen LogP) is -1.77. The summed E-state index contributed by atoms with van der Waals surface area (Å²) in [6.07, 6.45) is 1.75. The fourth-order valence-corrected chi connectivity index (χ4v) is 1.24. The summed E-state index contributed by atoms with van der Waals surface area (Å²) in [6.45, 7) is 1.25. The van der Waals surface area contributed by atoms with Gasteiger partial charge >= 0.3 is 5.96 Å². The van der Waals surface area contributed by atoms with E-state index in [-0.39, 0.29) is 5.56 Å². The highest BCUT2D eigenvalue weighted by Crippen LogP contribution is 2.02. The van der Waals surface area contributed by atoms with Gasteiger partial charge in [-0.25, -0.2) is 5.10 Å². The average molecular weight is 250 g/mol. The number of nitrogens with two attached hydrogens (primary N) is 1. The standard InChI is InChI=1S/C10H15N7O/c1-16(8-3-4-9(18)15-14-8)5-6-17(2)10(12)13-7-11/h3-4H,5-6H2,1-2H3,(H3,12,13,15,18)/p+1. The van der Waals surface area contributed by atoms with E-state index < -0.39 is 0 Å². The Morgan fingerprint density at radius 2 is 2.44 bits per heavy atom. The molecule has 0 saturated heterocycles. The van der Waals surface area contributed by atoms with Crippen molar-refractivity contribution in [3.8, 4) is 6.19 Å². The molecule has 0 saturated carbocycles. The van der Waals surface area contributed by atoms with Gasteiger partial charge in [0.1, 0.15) is 5.82 Å². The Kier molecular flexibility index (Phi) is 4.68. The van der Waals surface area contributed by atoms with Crippen molar-refractivity contribution in [3.63, 3.8) is 0 Å². The van der Waals surface area contributed by atoms with Crippen LogP contribution < -0.4 is 21.5 Å². The second-order valence-electron chi connectivity index (χ2n) is 3.74. The van der Waals surface area contributed by atoms with Crippen LogP contribution in [0.5, 0.6) is 0 Å². The summed E-state index contributed by atoms with van der Waals surface area (Å²) < 4.78 is 1.71. The second kappa shape index (κ2) is 6.24. The van der Waals surface area contributed by atoms with E-state index in [2.05, 4.69) is 15.5 Å². The Bertz CT molecular complexity index is 507. The van der Waals surface area contributed by atoms with Gasteiger partial charge in [-0.1, -0.05) is 0 Å². The molecule has 1 heterocycles. The topological polar surface area (TPSA) is 114 Å². The highest BCUT2D eigenvalue weighted by molar-refractivity contribution is 5.74. The van der Waals surface area contributed by atoms with Crippen LogP contribution in [-0.4, -0.2) is 47.9 Å². The van der Waals surface area contributed by atoms with Crippen molar-refractivity contribution in [2.45, 2.75) is 0 Å². The number of aromatic nitrogens is 2. The van der Waals surface area contributed by atoms with E-state index in [0.717, 1.165) is 0 Å². The molecule has 1 aromatic heterocycles. The molecule has 0 aliphatic rings. The maximum Gasteiger partial charge on any atom is 0.357 e. The lowest BCUT2D eigenvalue weighted by Crippen LogP contribution is -2.39. The first-order valence-corrected chi connectivity index (χ1v) is 5.30. The summed E-state index contributed by atoms with van der Waals surface area (Å²) in [5.74, 6) is 0.954. The second-order valence-corrected chi connectivity index (χ2v) is 3.74. The number of nitriles is 1. The number of likely N-dealkylation sites (N-methyl/N-ethyl adjacent to an activating group) is 2. The first-order valence-electron chi connectivity index (χ1n) is 5.30. The molecule has 0 unspecified atom stereocenters. The molecule has 4 N–H and O–H groups in total. The zero-order valence-corrected chi connectivity index (χ0v) is 10.3. The Labute approximate surface area is 104 Å². The van der Waals surface area contributed by atoms with Crippen molar-refractivity contribution in [1.29, 1.82) is 5.26 Å². The minimum absolute atomic E-state index is 0.236. The van der Waals surface area contributed by atoms with E-state index in [1.807, 2.05) is 11.9 Å². The van der Waals surface area contributed by atoms with Crippen LogP contribution in [0.2, 0.25) is 0 Å². The van der Waals surface area contributed by atoms with Crippen molar-refractivity contribution in [1.82, 2.24) is 15.5 Å². The minimum Gasteiger partial charge on any atom is -0.355 e. The van der Waals surface area contributed by atoms with Crippen molar-refractivity contribution in [3.05, 3.63) is 22.5 Å². The van der Waals surface area contributed by atoms with Gasteiger partial charge in [0, 0.05) is 19.7 Å². The van der Waals surface area contributed by atoms with Crippen LogP contribution in [0.15, 0.2) is 16.9 Å². The van der Waals surface area contributed by atoms with E-state index in [4.69, 9.17) is 11.0 Å². The molecule has 0 spiro atoms. The third-order valence-corrected chi connectivity index (χ3v) is 2.42. The van der Waals surface area contributed by atoms with Gasteiger partial charge in [-0.05, 0) is 6.07 Å². The smallest absolute Gasteiger partial charge is 0.355 e. The van der Waals surface area contributed by atoms with Crippen LogP contribution in [0.3, 0.4) is 0 Å². The van der Waals surface area contributed by atoms with Gasteiger partial charge in [0.15, 0.2) is 0 Å². The fourth-order valence-electron chi connectivity index (χ4n) is 1.24. The zero-order valence-electron chi connectivity index (χ0n) is 10.3. The third kappa shape index (κ3) is 3.79. The number of rotatable bonds is 4. The monoisotopic (exact) mass is 250 g/mol. The maximum absolute atomic E-state index is 10.9. The van der Waals surface area contributed by atoms with Gasteiger partial charge in [0.2, 0.25) is 0 Å². The molecule has 0 amide bonds. The predicted molar refractivity (Wildman–Crippen MR) is 67.1 cm³/mol. The summed E-state index contributed by atoms with van der Waals surface area (Å²) in [5, 5.41) is 17.1. The van der Waals surface area contributed by atoms with E-state index in [0.29, 0.717) is 24.9 Å². The van der Waals surface area contributed by atoms with Gasteiger partial charge in [-0.3, -0.25) is 15.1 Å². The molecule has 96 valence electrons. The summed E-state index contributed by atoms with van der Waals surface area (Å²) in [5.41, 5.74) is 5.36. The third-order valence-electron chi connectivity index (χ3n) is 2.42. The van der Waals surface area contributed by atoms with Crippen molar-refractivity contribution in [2.24, 2.45) is 5.73 Å². The van der Waals surface area contributed by atoms with Gasteiger partial charge in [0.05, 0.1) is 13.6 Å². The first kappa shape index (κ1) is 13.5. The highest BCUT2D eigenvalue weighted by atomic mass is 16.1. The van der Waals surface area contributed by atoms with Crippen LogP contribution in [0, 0.1) is 11.5 Å². The minimum atomic E-state index is -0.236. The number of anilines is 1. The van der Waals surface area contributed by atoms with Crippen molar-refractivity contribution < 1.29 is 4.58 Å². The van der Waals surface area contributed by atoms with E-state index in [1.165, 1.54) is 6.07 Å². The number of hydrogen-bond acceptors (Lipinski definition) is 4. The molecule has 0 bridgehead atoms. The molecule has 18 heavy (non-hydrogen) atoms. The zero-order chi connectivity index (χ0) is 13.5. The van der Waals surface area contributed by atoms with E-state index >= 15 is 0 Å². The quantitative estimate of drug-likeness (QED) is 0.192. The maximum atomic E-state index is 10.9. The lowest BCUT2D eigenvalue weighted by Gasteiger charge is -2.17. The lowest BCUT2D eigenvalue weighted by atomic mass is 10.4. The highest BCUT2D eigenvalue weighted by Gasteiger charge is 2.06. The van der Waals surface area contributed by atoms with Gasteiger partial charge in [-0.2, -0.15) is 15.7 Å². The van der Waals surface area contributed by atoms with Crippen LogP contribution in [-0.2, 0) is 0 Å². The fraction of sp³-hybridized carbons (Fsp3) is 0.400. The van der Waals surface area contributed by atoms with Gasteiger partial charge in [-0.15, -0.1) is 0 Å². The van der Waals surface area contributed by atoms with Crippen LogP contribution in [0.1, 0.15) is 0 Å². The molecule has 0 atom stereocenters. The molecule has 0 radical (unpaired) electrons. The molecular formula is C10H16N7O+. The molecule has 0 aliphatic carbocycles. The Balaban J connectivity index is 2.59. The molecule has 0 aromatic carbocycles. The number of aromatic amines is 1. The summed E-state index contributed by atoms with van der Waals surface area (Å²) >= 11 is 0. The largest absolute Gasteiger partial charge is 0.357 e. The first-order chi connectivity index (χ1) is 8.54. The van der Waals surface area contributed by atoms with E-state index in [1.54, 1.807) is 23.9 Å². The number of hydrogen-bond donors (Lipinski definition) is 3. The van der Waals surface area contributed by atoms with Crippen molar-refractivity contribution >= 4 is 11.8 Å². The van der Waals surface area contributed by atoms with E-state index in [9.17, 15) is 4.79 Å². The Hall–Kier alpha value is -2.56. The SMILES string of the molecule is CN(CC[N+](C)=C(N)NC#N)c1ccc(=O)[nH]n1. The van der Waals surface area contributed by atoms with Gasteiger partial charge in [0.25, 0.3) is 11.8 Å². The summed E-state index contributed by atoms with van der Waals surface area (Å²) in [6, 6.07) is 3.06. The van der Waals surface area contributed by atoms with Crippen LogP contribution >= 0.6 is 0 Å². The average Bonchev–Trinajstić information content (AvgIpc) is 2.36. The number of guanidine groups is 1. The molecule has 1 aromatic rings. The lowest BCUT2D eigenvalue weighted by molar-refractivity contribution is -0.497. The molecule has 0 fully saturated rings. The Morgan fingerprint density at radius 1 is 1.72 bits per heavy atom.